The molecule has 2 heterocycles. The Bertz CT molecular complexity index is 443. The van der Waals surface area contributed by atoms with Gasteiger partial charge >= 0.3 is 5.97 Å². The Morgan fingerprint density at radius 3 is 2.65 bits per heavy atom. The zero-order valence-electron chi connectivity index (χ0n) is 12.3. The van der Waals surface area contributed by atoms with Gasteiger partial charge in [0.25, 0.3) is 0 Å². The maximum atomic E-state index is 11.7. The Morgan fingerprint density at radius 2 is 2.15 bits per heavy atom. The first-order chi connectivity index (χ1) is 9.30. The molecular weight excluding hydrogens is 262 g/mol. The molecule has 0 saturated carbocycles. The summed E-state index contributed by atoms with van der Waals surface area (Å²) in [5, 5.41) is 0. The third-order valence-electron chi connectivity index (χ3n) is 3.49. The van der Waals surface area contributed by atoms with E-state index in [1.807, 2.05) is 19.9 Å². The number of rotatable bonds is 3. The molecule has 1 saturated heterocycles. The van der Waals surface area contributed by atoms with Gasteiger partial charge in [0.2, 0.25) is 5.91 Å². The monoisotopic (exact) mass is 283 g/mol. The lowest BCUT2D eigenvalue weighted by Gasteiger charge is -2.30. The van der Waals surface area contributed by atoms with Crippen molar-refractivity contribution in [3.63, 3.8) is 0 Å². The number of nitrogens with zero attached hydrogens (tertiary/aromatic N) is 1. The van der Waals surface area contributed by atoms with Crippen LogP contribution in [0.5, 0.6) is 0 Å². The second kappa shape index (κ2) is 5.54. The molecule has 0 spiro atoms. The van der Waals surface area contributed by atoms with Gasteiger partial charge in [-0.3, -0.25) is 9.59 Å². The molecule has 1 fully saturated rings. The fraction of sp³-hybridized carbons (Fsp3) is 0.714. The topological polar surface area (TPSA) is 65.1 Å². The van der Waals surface area contributed by atoms with E-state index in [-0.39, 0.29) is 30.6 Å². The first-order valence-electron chi connectivity index (χ1n) is 6.71. The van der Waals surface area contributed by atoms with Gasteiger partial charge in [0, 0.05) is 20.4 Å². The smallest absolute Gasteiger partial charge is 0.302 e. The van der Waals surface area contributed by atoms with Crippen LogP contribution < -0.4 is 0 Å². The standard InChI is InChI=1S/C14H21NO5/c1-9(16)15-6-5-11(7-18-10(2)17)13(15)12-8-19-14(3,4)20-12/h5,12-13H,6-8H2,1-4H3/t12-,13-/m1/s1. The van der Waals surface area contributed by atoms with Gasteiger partial charge in [0.05, 0.1) is 12.6 Å². The van der Waals surface area contributed by atoms with E-state index in [9.17, 15) is 9.59 Å². The van der Waals surface area contributed by atoms with E-state index >= 15 is 0 Å². The summed E-state index contributed by atoms with van der Waals surface area (Å²) in [5.74, 6) is -1.02. The van der Waals surface area contributed by atoms with E-state index in [1.165, 1.54) is 13.8 Å². The zero-order chi connectivity index (χ0) is 14.9. The molecule has 112 valence electrons. The third-order valence-corrected chi connectivity index (χ3v) is 3.49. The number of ether oxygens (including phenoxy) is 3. The van der Waals surface area contributed by atoms with Crippen molar-refractivity contribution < 1.29 is 23.8 Å². The predicted molar refractivity (Wildman–Crippen MR) is 70.8 cm³/mol. The number of carbonyl (C=O) groups excluding carboxylic acids is 2. The largest absolute Gasteiger partial charge is 0.461 e. The van der Waals surface area contributed by atoms with Gasteiger partial charge in [-0.1, -0.05) is 6.08 Å². The minimum Gasteiger partial charge on any atom is -0.461 e. The Morgan fingerprint density at radius 1 is 1.45 bits per heavy atom. The maximum absolute atomic E-state index is 11.7. The molecule has 2 rings (SSSR count). The molecule has 0 unspecified atom stereocenters. The number of hydrogen-bond donors (Lipinski definition) is 0. The van der Waals surface area contributed by atoms with E-state index in [4.69, 9.17) is 14.2 Å². The van der Waals surface area contributed by atoms with Crippen molar-refractivity contribution in [3.05, 3.63) is 11.6 Å². The number of amides is 1. The van der Waals surface area contributed by atoms with Crippen molar-refractivity contribution in [2.75, 3.05) is 19.8 Å². The quantitative estimate of drug-likeness (QED) is 0.568. The molecule has 0 aromatic carbocycles. The van der Waals surface area contributed by atoms with Crippen LogP contribution >= 0.6 is 0 Å². The molecule has 0 aromatic rings. The highest BCUT2D eigenvalue weighted by atomic mass is 16.7. The molecule has 20 heavy (non-hydrogen) atoms. The van der Waals surface area contributed by atoms with Gasteiger partial charge in [-0.2, -0.15) is 0 Å². The van der Waals surface area contributed by atoms with Crippen LogP contribution in [-0.2, 0) is 23.8 Å². The maximum Gasteiger partial charge on any atom is 0.302 e. The lowest BCUT2D eigenvalue weighted by Crippen LogP contribution is -2.46. The van der Waals surface area contributed by atoms with Crippen molar-refractivity contribution in [2.24, 2.45) is 0 Å². The van der Waals surface area contributed by atoms with Crippen molar-refractivity contribution in [1.82, 2.24) is 4.90 Å². The summed E-state index contributed by atoms with van der Waals surface area (Å²) >= 11 is 0. The average molecular weight is 283 g/mol. The Kier molecular flexibility index (Phi) is 4.15. The second-order valence-electron chi connectivity index (χ2n) is 5.54. The summed E-state index contributed by atoms with van der Waals surface area (Å²) in [7, 11) is 0. The highest BCUT2D eigenvalue weighted by Gasteiger charge is 2.43. The number of esters is 1. The summed E-state index contributed by atoms with van der Waals surface area (Å²) in [6, 6.07) is -0.228. The van der Waals surface area contributed by atoms with Crippen molar-refractivity contribution in [1.29, 1.82) is 0 Å². The summed E-state index contributed by atoms with van der Waals surface area (Å²) in [4.78, 5) is 24.4. The van der Waals surface area contributed by atoms with E-state index in [2.05, 4.69) is 0 Å². The molecular formula is C14H21NO5. The fourth-order valence-electron chi connectivity index (χ4n) is 2.61. The Balaban J connectivity index is 2.12. The Hall–Kier alpha value is -1.40. The van der Waals surface area contributed by atoms with Gasteiger partial charge in [0.15, 0.2) is 5.79 Å². The van der Waals surface area contributed by atoms with Crippen LogP contribution in [-0.4, -0.2) is 54.5 Å². The minimum atomic E-state index is -0.651. The van der Waals surface area contributed by atoms with Crippen LogP contribution in [0.15, 0.2) is 11.6 Å². The predicted octanol–water partition coefficient (Wildman–Crippen LogP) is 0.858. The SMILES string of the molecule is CC(=O)OCC1=CCN(C(C)=O)[C@H]1[C@H]1COC(C)(C)O1. The Labute approximate surface area is 118 Å². The highest BCUT2D eigenvalue weighted by molar-refractivity contribution is 5.75. The van der Waals surface area contributed by atoms with Gasteiger partial charge in [0.1, 0.15) is 12.7 Å². The summed E-state index contributed by atoms with van der Waals surface area (Å²) in [6.45, 7) is 7.69. The molecule has 6 nitrogen and oxygen atoms in total. The minimum absolute atomic E-state index is 0.0302. The molecule has 2 aliphatic heterocycles. The second-order valence-corrected chi connectivity index (χ2v) is 5.54. The molecule has 1 amide bonds. The van der Waals surface area contributed by atoms with Crippen molar-refractivity contribution >= 4 is 11.9 Å². The van der Waals surface area contributed by atoms with Gasteiger partial charge in [-0.05, 0) is 19.4 Å². The van der Waals surface area contributed by atoms with Gasteiger partial charge in [-0.15, -0.1) is 0 Å². The molecule has 2 atom stereocenters. The summed E-state index contributed by atoms with van der Waals surface area (Å²) < 4.78 is 16.5. The van der Waals surface area contributed by atoms with Crippen LogP contribution in [0.25, 0.3) is 0 Å². The van der Waals surface area contributed by atoms with Crippen molar-refractivity contribution in [3.8, 4) is 0 Å². The lowest BCUT2D eigenvalue weighted by molar-refractivity contribution is -0.150. The third kappa shape index (κ3) is 3.19. The van der Waals surface area contributed by atoms with E-state index in [0.717, 1.165) is 5.57 Å². The van der Waals surface area contributed by atoms with Crippen LogP contribution in [0.1, 0.15) is 27.7 Å². The van der Waals surface area contributed by atoms with Crippen LogP contribution in [0.2, 0.25) is 0 Å². The molecule has 0 bridgehead atoms. The average Bonchev–Trinajstić information content (AvgIpc) is 2.89. The fourth-order valence-corrected chi connectivity index (χ4v) is 2.61. The van der Waals surface area contributed by atoms with Crippen molar-refractivity contribution in [2.45, 2.75) is 45.6 Å². The lowest BCUT2D eigenvalue weighted by atomic mass is 10.0. The number of hydrogen-bond acceptors (Lipinski definition) is 5. The van der Waals surface area contributed by atoms with E-state index in [0.29, 0.717) is 13.2 Å². The van der Waals surface area contributed by atoms with Gasteiger partial charge < -0.3 is 19.1 Å². The summed E-state index contributed by atoms with van der Waals surface area (Å²) in [6.07, 6.45) is 1.68. The van der Waals surface area contributed by atoms with Crippen LogP contribution in [0, 0.1) is 0 Å². The van der Waals surface area contributed by atoms with Crippen LogP contribution in [0.3, 0.4) is 0 Å². The first-order valence-corrected chi connectivity index (χ1v) is 6.71. The van der Waals surface area contributed by atoms with E-state index < -0.39 is 5.79 Å². The molecule has 0 aromatic heterocycles. The molecule has 2 aliphatic rings. The molecule has 0 N–H and O–H groups in total. The molecule has 0 aliphatic carbocycles. The zero-order valence-corrected chi connectivity index (χ0v) is 12.3. The molecule has 0 radical (unpaired) electrons. The normalized spacial score (nSPS) is 28.4. The first kappa shape index (κ1) is 15.0. The number of carbonyl (C=O) groups is 2. The highest BCUT2D eigenvalue weighted by Crippen LogP contribution is 2.32. The van der Waals surface area contributed by atoms with E-state index in [1.54, 1.807) is 4.90 Å². The molecule has 6 heteroatoms. The summed E-state index contributed by atoms with van der Waals surface area (Å²) in [5.41, 5.74) is 0.890. The van der Waals surface area contributed by atoms with Crippen LogP contribution in [0.4, 0.5) is 0 Å². The van der Waals surface area contributed by atoms with Gasteiger partial charge in [-0.25, -0.2) is 0 Å².